The standard InChI is InChI=1S/C18H14ClNO4/c1-10-7-8-14(19)15(9-10)24-18(23)11(2)20-16(21)12-5-3-4-6-13(12)17(20)22/h3-9,11H,1-2H3/t11-/m1/s1. The first-order valence-electron chi connectivity index (χ1n) is 7.35. The number of benzene rings is 2. The Hall–Kier alpha value is -2.66. The molecule has 6 heteroatoms. The molecular weight excluding hydrogens is 330 g/mol. The van der Waals surface area contributed by atoms with Crippen molar-refractivity contribution in [2.75, 3.05) is 0 Å². The Bertz CT molecular complexity index is 827. The molecule has 24 heavy (non-hydrogen) atoms. The van der Waals surface area contributed by atoms with Gasteiger partial charge in [0.25, 0.3) is 11.8 Å². The summed E-state index contributed by atoms with van der Waals surface area (Å²) in [7, 11) is 0. The Morgan fingerprint density at radius 3 is 2.25 bits per heavy atom. The lowest BCUT2D eigenvalue weighted by molar-refractivity contribution is -0.138. The third-order valence-corrected chi connectivity index (χ3v) is 4.16. The van der Waals surface area contributed by atoms with Gasteiger partial charge in [0.15, 0.2) is 0 Å². The van der Waals surface area contributed by atoms with Crippen LogP contribution in [0.4, 0.5) is 0 Å². The molecule has 5 nitrogen and oxygen atoms in total. The van der Waals surface area contributed by atoms with Crippen LogP contribution < -0.4 is 4.74 Å². The fourth-order valence-electron chi connectivity index (χ4n) is 2.55. The van der Waals surface area contributed by atoms with Crippen LogP contribution in [0.25, 0.3) is 0 Å². The number of rotatable bonds is 3. The smallest absolute Gasteiger partial charge is 0.334 e. The van der Waals surface area contributed by atoms with Crippen LogP contribution in [-0.4, -0.2) is 28.7 Å². The third kappa shape index (κ3) is 2.67. The topological polar surface area (TPSA) is 63.7 Å². The average Bonchev–Trinajstić information content (AvgIpc) is 2.82. The summed E-state index contributed by atoms with van der Waals surface area (Å²) < 4.78 is 5.28. The zero-order valence-corrected chi connectivity index (χ0v) is 13.8. The van der Waals surface area contributed by atoms with Crippen LogP contribution in [0.1, 0.15) is 33.2 Å². The first-order valence-corrected chi connectivity index (χ1v) is 7.72. The Kier molecular flexibility index (Phi) is 4.11. The zero-order valence-electron chi connectivity index (χ0n) is 13.1. The van der Waals surface area contributed by atoms with Crippen molar-refractivity contribution in [3.8, 4) is 5.75 Å². The number of hydrogen-bond acceptors (Lipinski definition) is 4. The minimum atomic E-state index is -1.06. The van der Waals surface area contributed by atoms with Crippen molar-refractivity contribution in [2.24, 2.45) is 0 Å². The molecule has 0 radical (unpaired) electrons. The van der Waals surface area contributed by atoms with Crippen molar-refractivity contribution in [1.82, 2.24) is 4.90 Å². The molecular formula is C18H14ClNO4. The Morgan fingerprint density at radius 1 is 1.08 bits per heavy atom. The molecule has 0 bridgehead atoms. The third-order valence-electron chi connectivity index (χ3n) is 3.85. The number of nitrogens with zero attached hydrogens (tertiary/aromatic N) is 1. The molecule has 2 aromatic rings. The second-order valence-corrected chi connectivity index (χ2v) is 5.96. The maximum absolute atomic E-state index is 12.4. The minimum Gasteiger partial charge on any atom is -0.423 e. The summed E-state index contributed by atoms with van der Waals surface area (Å²) in [6.45, 7) is 3.29. The molecule has 2 amide bonds. The van der Waals surface area contributed by atoms with Crippen LogP contribution in [0, 0.1) is 6.92 Å². The summed E-state index contributed by atoms with van der Waals surface area (Å²) in [5, 5.41) is 0.281. The summed E-state index contributed by atoms with van der Waals surface area (Å²) in [5.41, 5.74) is 1.45. The maximum Gasteiger partial charge on any atom is 0.334 e. The predicted octanol–water partition coefficient (Wildman–Crippen LogP) is 3.24. The van der Waals surface area contributed by atoms with Crippen LogP contribution in [0.5, 0.6) is 5.75 Å². The van der Waals surface area contributed by atoms with Crippen molar-refractivity contribution in [3.05, 3.63) is 64.2 Å². The van der Waals surface area contributed by atoms with E-state index in [9.17, 15) is 14.4 Å². The molecule has 0 spiro atoms. The molecule has 0 saturated heterocycles. The monoisotopic (exact) mass is 343 g/mol. The summed E-state index contributed by atoms with van der Waals surface area (Å²) in [4.78, 5) is 38.1. The zero-order chi connectivity index (χ0) is 17.4. The molecule has 0 unspecified atom stereocenters. The Labute approximate surface area is 143 Å². The number of amides is 2. The maximum atomic E-state index is 12.4. The van der Waals surface area contributed by atoms with Crippen molar-refractivity contribution < 1.29 is 19.1 Å². The van der Waals surface area contributed by atoms with Gasteiger partial charge in [0.05, 0.1) is 16.1 Å². The van der Waals surface area contributed by atoms with E-state index in [-0.39, 0.29) is 21.9 Å². The number of carbonyl (C=O) groups excluding carboxylic acids is 3. The highest BCUT2D eigenvalue weighted by atomic mass is 35.5. The normalized spacial score (nSPS) is 14.5. The lowest BCUT2D eigenvalue weighted by Crippen LogP contribution is -2.44. The Morgan fingerprint density at radius 2 is 1.67 bits per heavy atom. The van der Waals surface area contributed by atoms with Gasteiger partial charge in [-0.05, 0) is 43.7 Å². The fraction of sp³-hybridized carbons (Fsp3) is 0.167. The second kappa shape index (κ2) is 6.09. The van der Waals surface area contributed by atoms with E-state index < -0.39 is 23.8 Å². The van der Waals surface area contributed by atoms with Gasteiger partial charge in [-0.15, -0.1) is 0 Å². The lowest BCUT2D eigenvalue weighted by Gasteiger charge is -2.21. The van der Waals surface area contributed by atoms with Crippen molar-refractivity contribution >= 4 is 29.4 Å². The van der Waals surface area contributed by atoms with E-state index in [1.54, 1.807) is 42.5 Å². The van der Waals surface area contributed by atoms with Gasteiger partial charge in [-0.2, -0.15) is 0 Å². The highest BCUT2D eigenvalue weighted by Gasteiger charge is 2.41. The molecule has 1 heterocycles. The van der Waals surface area contributed by atoms with Gasteiger partial charge < -0.3 is 4.74 Å². The molecule has 0 fully saturated rings. The summed E-state index contributed by atoms with van der Waals surface area (Å²) in [6, 6.07) is 10.4. The molecule has 0 saturated carbocycles. The van der Waals surface area contributed by atoms with Crippen LogP contribution in [0.3, 0.4) is 0 Å². The molecule has 1 aliphatic rings. The molecule has 122 valence electrons. The number of ether oxygens (including phenoxy) is 1. The van der Waals surface area contributed by atoms with E-state index in [1.165, 1.54) is 6.92 Å². The van der Waals surface area contributed by atoms with Gasteiger partial charge in [-0.3, -0.25) is 14.5 Å². The van der Waals surface area contributed by atoms with Crippen LogP contribution in [0.15, 0.2) is 42.5 Å². The quantitative estimate of drug-likeness (QED) is 0.487. The highest BCUT2D eigenvalue weighted by Crippen LogP contribution is 2.28. The molecule has 3 rings (SSSR count). The number of esters is 1. The van der Waals surface area contributed by atoms with Gasteiger partial charge in [-0.25, -0.2) is 4.79 Å². The fourth-order valence-corrected chi connectivity index (χ4v) is 2.70. The van der Waals surface area contributed by atoms with Crippen LogP contribution >= 0.6 is 11.6 Å². The first kappa shape index (κ1) is 16.2. The number of carbonyl (C=O) groups is 3. The van der Waals surface area contributed by atoms with E-state index in [0.29, 0.717) is 0 Å². The van der Waals surface area contributed by atoms with E-state index in [0.717, 1.165) is 10.5 Å². The second-order valence-electron chi connectivity index (χ2n) is 5.56. The number of hydrogen-bond donors (Lipinski definition) is 0. The summed E-state index contributed by atoms with van der Waals surface area (Å²) in [5.74, 6) is -1.53. The van der Waals surface area contributed by atoms with E-state index >= 15 is 0 Å². The van der Waals surface area contributed by atoms with E-state index in [4.69, 9.17) is 16.3 Å². The number of aryl methyl sites for hydroxylation is 1. The van der Waals surface area contributed by atoms with Crippen molar-refractivity contribution in [2.45, 2.75) is 19.9 Å². The van der Waals surface area contributed by atoms with E-state index in [2.05, 4.69) is 0 Å². The molecule has 1 aliphatic heterocycles. The molecule has 2 aromatic carbocycles. The van der Waals surface area contributed by atoms with E-state index in [1.807, 2.05) is 6.92 Å². The SMILES string of the molecule is Cc1ccc(Cl)c(OC(=O)[C@@H](C)N2C(=O)c3ccccc3C2=O)c1. The van der Waals surface area contributed by atoms with Gasteiger partial charge in [0.2, 0.25) is 0 Å². The van der Waals surface area contributed by atoms with Gasteiger partial charge >= 0.3 is 5.97 Å². The predicted molar refractivity (Wildman–Crippen MR) is 88.2 cm³/mol. The highest BCUT2D eigenvalue weighted by molar-refractivity contribution is 6.32. The molecule has 1 atom stereocenters. The summed E-state index contributed by atoms with van der Waals surface area (Å²) in [6.07, 6.45) is 0. The van der Waals surface area contributed by atoms with Gasteiger partial charge in [-0.1, -0.05) is 29.8 Å². The number of imide groups is 1. The molecule has 0 aromatic heterocycles. The van der Waals surface area contributed by atoms with Crippen LogP contribution in [-0.2, 0) is 4.79 Å². The number of fused-ring (bicyclic) bond motifs is 1. The molecule has 0 aliphatic carbocycles. The lowest BCUT2D eigenvalue weighted by atomic mass is 10.1. The van der Waals surface area contributed by atoms with Crippen LogP contribution in [0.2, 0.25) is 5.02 Å². The van der Waals surface area contributed by atoms with Crippen molar-refractivity contribution in [1.29, 1.82) is 0 Å². The van der Waals surface area contributed by atoms with Gasteiger partial charge in [0.1, 0.15) is 11.8 Å². The average molecular weight is 344 g/mol. The molecule has 0 N–H and O–H groups in total. The summed E-state index contributed by atoms with van der Waals surface area (Å²) >= 11 is 6.01. The number of halogens is 1. The minimum absolute atomic E-state index is 0.199. The Balaban J connectivity index is 1.83. The van der Waals surface area contributed by atoms with Crippen molar-refractivity contribution in [3.63, 3.8) is 0 Å². The largest absolute Gasteiger partial charge is 0.423 e. The first-order chi connectivity index (χ1) is 11.4. The van der Waals surface area contributed by atoms with Gasteiger partial charge in [0, 0.05) is 0 Å².